The summed E-state index contributed by atoms with van der Waals surface area (Å²) >= 11 is 5.78. The number of nitrogens with zero attached hydrogens (tertiary/aromatic N) is 4. The molecule has 3 aromatic rings. The quantitative estimate of drug-likeness (QED) is 0.362. The summed E-state index contributed by atoms with van der Waals surface area (Å²) in [4.78, 5) is 53.4. The van der Waals surface area contributed by atoms with Crippen LogP contribution in [0.25, 0.3) is 10.9 Å². The molecule has 2 aromatic carbocycles. The highest BCUT2D eigenvalue weighted by molar-refractivity contribution is 6.30. The summed E-state index contributed by atoms with van der Waals surface area (Å²) in [5.74, 6) is -2.30. The van der Waals surface area contributed by atoms with Gasteiger partial charge in [0.05, 0.1) is 17.1 Å². The van der Waals surface area contributed by atoms with Crippen molar-refractivity contribution in [2.75, 3.05) is 31.5 Å². The van der Waals surface area contributed by atoms with Crippen molar-refractivity contribution in [3.63, 3.8) is 0 Å². The maximum atomic E-state index is 14.1. The second kappa shape index (κ2) is 12.8. The number of rotatable bonds is 9. The molecule has 0 aliphatic carbocycles. The molecule has 0 saturated carbocycles. The molecular formula is C27H31ClFN7O4. The van der Waals surface area contributed by atoms with Gasteiger partial charge in [0.15, 0.2) is 5.69 Å². The minimum atomic E-state index is -0.782. The molecule has 4 rings (SSSR count). The third-order valence-corrected chi connectivity index (χ3v) is 7.03. The fourth-order valence-electron chi connectivity index (χ4n) is 4.57. The number of anilines is 1. The van der Waals surface area contributed by atoms with Crippen molar-refractivity contribution in [2.45, 2.75) is 39.3 Å². The van der Waals surface area contributed by atoms with E-state index in [0.29, 0.717) is 29.7 Å². The topological polar surface area (TPSA) is 143 Å². The molecule has 0 radical (unpaired) electrons. The molecule has 1 aromatic heterocycles. The summed E-state index contributed by atoms with van der Waals surface area (Å²) in [5, 5.41) is 10.0. The Hall–Kier alpha value is -4.19. The van der Waals surface area contributed by atoms with Gasteiger partial charge in [0.1, 0.15) is 12.4 Å². The first-order valence-electron chi connectivity index (χ1n) is 13.0. The number of hydrogen-bond acceptors (Lipinski definition) is 5. The van der Waals surface area contributed by atoms with E-state index in [1.54, 1.807) is 36.1 Å². The van der Waals surface area contributed by atoms with E-state index in [1.165, 1.54) is 21.7 Å². The Balaban J connectivity index is 1.44. The first kappa shape index (κ1) is 28.8. The predicted molar refractivity (Wildman–Crippen MR) is 148 cm³/mol. The van der Waals surface area contributed by atoms with Crippen LogP contribution < -0.4 is 16.4 Å². The summed E-state index contributed by atoms with van der Waals surface area (Å²) in [5.41, 5.74) is 6.68. The largest absolute Gasteiger partial charge is 0.364 e. The van der Waals surface area contributed by atoms with Gasteiger partial charge in [0.25, 0.3) is 5.91 Å². The molecule has 0 bridgehead atoms. The Morgan fingerprint density at radius 2 is 1.88 bits per heavy atom. The SMILES string of the molecule is CCN(CC(=O)NCc1cccc(Cl)c1F)C(=O)Cn1nc(C(N)=O)c2cc(NC(=O)N3CCCCC3)ccc21. The van der Waals surface area contributed by atoms with Gasteiger partial charge in [-0.1, -0.05) is 23.7 Å². The fraction of sp³-hybridized carbons (Fsp3) is 0.370. The van der Waals surface area contributed by atoms with E-state index in [4.69, 9.17) is 17.3 Å². The number of hydrogen-bond donors (Lipinski definition) is 3. The third-order valence-electron chi connectivity index (χ3n) is 6.74. The van der Waals surface area contributed by atoms with Crippen LogP contribution in [-0.2, 0) is 22.7 Å². The lowest BCUT2D eigenvalue weighted by atomic mass is 10.1. The van der Waals surface area contributed by atoms with E-state index in [2.05, 4.69) is 15.7 Å². The van der Waals surface area contributed by atoms with Crippen molar-refractivity contribution in [2.24, 2.45) is 5.73 Å². The monoisotopic (exact) mass is 571 g/mol. The van der Waals surface area contributed by atoms with E-state index in [9.17, 15) is 23.6 Å². The molecule has 2 heterocycles. The van der Waals surface area contributed by atoms with Gasteiger partial charge in [-0.3, -0.25) is 19.1 Å². The number of likely N-dealkylation sites (tertiary alicyclic amines) is 1. The Morgan fingerprint density at radius 1 is 1.12 bits per heavy atom. The fourth-order valence-corrected chi connectivity index (χ4v) is 4.77. The summed E-state index contributed by atoms with van der Waals surface area (Å²) < 4.78 is 15.4. The summed E-state index contributed by atoms with van der Waals surface area (Å²) in [7, 11) is 0. The van der Waals surface area contributed by atoms with Crippen molar-refractivity contribution >= 4 is 51.9 Å². The molecule has 5 amide bonds. The van der Waals surface area contributed by atoms with E-state index in [1.807, 2.05) is 0 Å². The number of halogens is 2. The molecule has 1 aliphatic heterocycles. The highest BCUT2D eigenvalue weighted by Gasteiger charge is 2.22. The number of benzene rings is 2. The second-order valence-corrected chi connectivity index (χ2v) is 9.89. The first-order valence-corrected chi connectivity index (χ1v) is 13.4. The predicted octanol–water partition coefficient (Wildman–Crippen LogP) is 3.11. The Labute approximate surface area is 235 Å². The molecule has 212 valence electrons. The molecular weight excluding hydrogens is 541 g/mol. The minimum Gasteiger partial charge on any atom is -0.364 e. The average molecular weight is 572 g/mol. The van der Waals surface area contributed by atoms with Crippen LogP contribution in [0.3, 0.4) is 0 Å². The van der Waals surface area contributed by atoms with Gasteiger partial charge >= 0.3 is 6.03 Å². The average Bonchev–Trinajstić information content (AvgIpc) is 3.30. The van der Waals surface area contributed by atoms with Crippen LogP contribution in [0.15, 0.2) is 36.4 Å². The number of carbonyl (C=O) groups is 4. The summed E-state index contributed by atoms with van der Waals surface area (Å²) in [6.45, 7) is 2.72. The van der Waals surface area contributed by atoms with Gasteiger partial charge in [-0.2, -0.15) is 5.10 Å². The lowest BCUT2D eigenvalue weighted by Crippen LogP contribution is -2.42. The number of urea groups is 1. The maximum absolute atomic E-state index is 14.1. The van der Waals surface area contributed by atoms with Crippen molar-refractivity contribution < 1.29 is 23.6 Å². The number of aromatic nitrogens is 2. The van der Waals surface area contributed by atoms with Crippen LogP contribution in [0.1, 0.15) is 42.2 Å². The van der Waals surface area contributed by atoms with Crippen molar-refractivity contribution in [1.82, 2.24) is 24.9 Å². The lowest BCUT2D eigenvalue weighted by molar-refractivity contribution is -0.136. The lowest BCUT2D eigenvalue weighted by Gasteiger charge is -2.26. The van der Waals surface area contributed by atoms with Crippen LogP contribution in [0.4, 0.5) is 14.9 Å². The van der Waals surface area contributed by atoms with Crippen molar-refractivity contribution in [1.29, 1.82) is 0 Å². The van der Waals surface area contributed by atoms with Crippen LogP contribution in [0, 0.1) is 5.82 Å². The van der Waals surface area contributed by atoms with Gasteiger partial charge in [-0.25, -0.2) is 9.18 Å². The van der Waals surface area contributed by atoms with Crippen molar-refractivity contribution in [3.05, 3.63) is 58.5 Å². The first-order chi connectivity index (χ1) is 19.2. The molecule has 0 spiro atoms. The van der Waals surface area contributed by atoms with Gasteiger partial charge in [-0.05, 0) is 50.5 Å². The zero-order valence-electron chi connectivity index (χ0n) is 22.1. The van der Waals surface area contributed by atoms with Crippen LogP contribution in [0.2, 0.25) is 5.02 Å². The van der Waals surface area contributed by atoms with Crippen molar-refractivity contribution in [3.8, 4) is 0 Å². The van der Waals surface area contributed by atoms with Crippen LogP contribution >= 0.6 is 11.6 Å². The van der Waals surface area contributed by atoms with Gasteiger partial charge in [0.2, 0.25) is 11.8 Å². The van der Waals surface area contributed by atoms with Gasteiger partial charge in [-0.15, -0.1) is 0 Å². The molecule has 1 fully saturated rings. The number of amides is 5. The molecule has 1 saturated heterocycles. The molecule has 40 heavy (non-hydrogen) atoms. The molecule has 13 heteroatoms. The normalized spacial score (nSPS) is 13.2. The Bertz CT molecular complexity index is 1440. The van der Waals surface area contributed by atoms with Crippen LogP contribution in [0.5, 0.6) is 0 Å². The van der Waals surface area contributed by atoms with E-state index >= 15 is 0 Å². The van der Waals surface area contributed by atoms with E-state index < -0.39 is 23.5 Å². The zero-order valence-corrected chi connectivity index (χ0v) is 22.8. The van der Waals surface area contributed by atoms with Crippen LogP contribution in [-0.4, -0.2) is 69.5 Å². The van der Waals surface area contributed by atoms with E-state index in [0.717, 1.165) is 19.3 Å². The number of piperidine rings is 1. The van der Waals surface area contributed by atoms with E-state index in [-0.39, 0.29) is 48.5 Å². The number of fused-ring (bicyclic) bond motifs is 1. The highest BCUT2D eigenvalue weighted by Crippen LogP contribution is 2.24. The number of carbonyl (C=O) groups excluding carboxylic acids is 4. The molecule has 4 N–H and O–H groups in total. The third kappa shape index (κ3) is 6.68. The molecule has 0 unspecified atom stereocenters. The Kier molecular flexibility index (Phi) is 9.20. The second-order valence-electron chi connectivity index (χ2n) is 9.48. The molecule has 1 aliphatic rings. The minimum absolute atomic E-state index is 0.0405. The maximum Gasteiger partial charge on any atom is 0.321 e. The zero-order chi connectivity index (χ0) is 28.8. The number of likely N-dealkylation sites (N-methyl/N-ethyl adjacent to an activating group) is 1. The smallest absolute Gasteiger partial charge is 0.321 e. The molecule has 11 nitrogen and oxygen atoms in total. The standard InChI is InChI=1S/C27H31ClFN7O4/c1-2-34(15-22(37)31-14-17-7-6-8-20(28)24(17)29)23(38)16-36-21-10-9-18(13-19(21)25(33-36)26(30)39)32-27(40)35-11-4-3-5-12-35/h6-10,13H,2-5,11-12,14-16H2,1H3,(H2,30,39)(H,31,37)(H,32,40). The number of nitrogens with one attached hydrogen (secondary N) is 2. The summed E-state index contributed by atoms with van der Waals surface area (Å²) in [6, 6.07) is 9.19. The van der Waals surface area contributed by atoms with Gasteiger partial charge in [0, 0.05) is 42.8 Å². The Morgan fingerprint density at radius 3 is 2.58 bits per heavy atom. The highest BCUT2D eigenvalue weighted by atomic mass is 35.5. The number of primary amides is 1. The summed E-state index contributed by atoms with van der Waals surface area (Å²) in [6.07, 6.45) is 3.00. The molecule has 0 atom stereocenters. The number of nitrogens with two attached hydrogens (primary N) is 1. The van der Waals surface area contributed by atoms with Gasteiger partial charge < -0.3 is 26.2 Å².